The molecule has 1 N–H and O–H groups in total. The van der Waals surface area contributed by atoms with E-state index in [0.29, 0.717) is 11.6 Å². The van der Waals surface area contributed by atoms with Crippen molar-refractivity contribution in [2.24, 2.45) is 0 Å². The first-order chi connectivity index (χ1) is 11.3. The van der Waals surface area contributed by atoms with Crippen molar-refractivity contribution >= 4 is 11.7 Å². The van der Waals surface area contributed by atoms with Gasteiger partial charge in [0, 0.05) is 31.4 Å². The zero-order valence-corrected chi connectivity index (χ0v) is 13.4. The van der Waals surface area contributed by atoms with Crippen molar-refractivity contribution in [2.45, 2.75) is 12.5 Å². The lowest BCUT2D eigenvalue weighted by Gasteiger charge is -2.35. The largest absolute Gasteiger partial charge is 0.465 e. The fourth-order valence-corrected chi connectivity index (χ4v) is 3.02. The van der Waals surface area contributed by atoms with Crippen LogP contribution in [0.15, 0.2) is 54.6 Å². The fourth-order valence-electron chi connectivity index (χ4n) is 3.02. The first-order valence-electron chi connectivity index (χ1n) is 7.97. The Kier molecular flexibility index (Phi) is 4.93. The van der Waals surface area contributed by atoms with Gasteiger partial charge in [0.25, 0.3) is 0 Å². The average Bonchev–Trinajstić information content (AvgIpc) is 2.62. The van der Waals surface area contributed by atoms with Crippen molar-refractivity contribution in [3.05, 3.63) is 65.7 Å². The number of hydrogen-bond donors (Lipinski definition) is 1. The van der Waals surface area contributed by atoms with Gasteiger partial charge >= 0.3 is 5.97 Å². The Hall–Kier alpha value is -2.33. The van der Waals surface area contributed by atoms with E-state index in [0.717, 1.165) is 31.7 Å². The second-order valence-electron chi connectivity index (χ2n) is 5.83. The van der Waals surface area contributed by atoms with Crippen LogP contribution in [0.1, 0.15) is 15.9 Å². The molecule has 2 aromatic rings. The van der Waals surface area contributed by atoms with Crippen molar-refractivity contribution in [1.29, 1.82) is 0 Å². The number of piperazine rings is 1. The number of benzene rings is 2. The van der Waals surface area contributed by atoms with Gasteiger partial charge in [-0.25, -0.2) is 4.79 Å². The van der Waals surface area contributed by atoms with Crippen LogP contribution >= 0.6 is 0 Å². The van der Waals surface area contributed by atoms with E-state index in [9.17, 15) is 4.79 Å². The smallest absolute Gasteiger partial charge is 0.337 e. The van der Waals surface area contributed by atoms with E-state index in [-0.39, 0.29) is 5.97 Å². The summed E-state index contributed by atoms with van der Waals surface area (Å²) in [7, 11) is 1.40. The van der Waals surface area contributed by atoms with Gasteiger partial charge in [0.05, 0.1) is 12.7 Å². The first-order valence-corrected chi connectivity index (χ1v) is 7.97. The van der Waals surface area contributed by atoms with Crippen LogP contribution in [0.4, 0.5) is 5.69 Å². The fraction of sp³-hybridized carbons (Fsp3) is 0.316. The van der Waals surface area contributed by atoms with Gasteiger partial charge in [-0.05, 0) is 36.2 Å². The minimum absolute atomic E-state index is 0.293. The van der Waals surface area contributed by atoms with E-state index >= 15 is 0 Å². The highest BCUT2D eigenvalue weighted by Crippen LogP contribution is 2.18. The standard InChI is InChI=1S/C19H22N2O2/c1-23-19(22)16-7-9-18(10-8-16)21-12-11-20-17(14-21)13-15-5-3-2-4-6-15/h2-10,17,20H,11-14H2,1H3. The molecule has 0 radical (unpaired) electrons. The van der Waals surface area contributed by atoms with Crippen molar-refractivity contribution in [2.75, 3.05) is 31.6 Å². The molecule has 1 saturated heterocycles. The molecule has 1 aliphatic rings. The molecular formula is C19H22N2O2. The summed E-state index contributed by atoms with van der Waals surface area (Å²) in [6, 6.07) is 18.7. The molecule has 120 valence electrons. The van der Waals surface area contributed by atoms with Gasteiger partial charge in [-0.1, -0.05) is 30.3 Å². The Morgan fingerprint density at radius 1 is 1.17 bits per heavy atom. The van der Waals surface area contributed by atoms with Crippen LogP contribution in [-0.4, -0.2) is 38.8 Å². The minimum Gasteiger partial charge on any atom is -0.465 e. The third-order valence-corrected chi connectivity index (χ3v) is 4.23. The normalized spacial score (nSPS) is 17.8. The van der Waals surface area contributed by atoms with E-state index in [1.54, 1.807) is 0 Å². The first kappa shape index (κ1) is 15.6. The van der Waals surface area contributed by atoms with Crippen molar-refractivity contribution in [1.82, 2.24) is 5.32 Å². The highest BCUT2D eigenvalue weighted by atomic mass is 16.5. The predicted octanol–water partition coefficient (Wildman–Crippen LogP) is 2.49. The van der Waals surface area contributed by atoms with Crippen LogP contribution in [-0.2, 0) is 11.2 Å². The van der Waals surface area contributed by atoms with Gasteiger partial charge in [0.1, 0.15) is 0 Å². The highest BCUT2D eigenvalue weighted by Gasteiger charge is 2.20. The predicted molar refractivity (Wildman–Crippen MR) is 91.9 cm³/mol. The SMILES string of the molecule is COC(=O)c1ccc(N2CCNC(Cc3ccccc3)C2)cc1. The maximum atomic E-state index is 11.5. The molecule has 0 spiro atoms. The number of carbonyl (C=O) groups is 1. The lowest BCUT2D eigenvalue weighted by Crippen LogP contribution is -2.51. The summed E-state index contributed by atoms with van der Waals surface area (Å²) < 4.78 is 4.74. The van der Waals surface area contributed by atoms with Crippen LogP contribution in [0.5, 0.6) is 0 Å². The zero-order chi connectivity index (χ0) is 16.1. The molecule has 3 rings (SSSR count). The minimum atomic E-state index is -0.293. The Balaban J connectivity index is 1.65. The molecule has 23 heavy (non-hydrogen) atoms. The van der Waals surface area contributed by atoms with E-state index in [1.165, 1.54) is 12.7 Å². The molecule has 1 aliphatic heterocycles. The number of anilines is 1. The molecule has 0 saturated carbocycles. The molecule has 1 heterocycles. The van der Waals surface area contributed by atoms with Gasteiger partial charge in [-0.3, -0.25) is 0 Å². The second-order valence-corrected chi connectivity index (χ2v) is 5.83. The Bertz CT molecular complexity index is 640. The molecule has 0 aromatic heterocycles. The molecule has 2 aromatic carbocycles. The number of carbonyl (C=O) groups excluding carboxylic acids is 1. The lowest BCUT2D eigenvalue weighted by atomic mass is 10.0. The summed E-state index contributed by atoms with van der Waals surface area (Å²) >= 11 is 0. The molecule has 4 nitrogen and oxygen atoms in total. The van der Waals surface area contributed by atoms with Crippen molar-refractivity contribution in [3.8, 4) is 0 Å². The number of ether oxygens (including phenoxy) is 1. The molecule has 1 unspecified atom stereocenters. The molecular weight excluding hydrogens is 288 g/mol. The summed E-state index contributed by atoms with van der Waals surface area (Å²) in [4.78, 5) is 13.9. The Morgan fingerprint density at radius 2 is 1.91 bits per heavy atom. The molecule has 0 bridgehead atoms. The summed E-state index contributed by atoms with van der Waals surface area (Å²) in [6.07, 6.45) is 1.03. The van der Waals surface area contributed by atoms with Crippen LogP contribution in [0.25, 0.3) is 0 Å². The van der Waals surface area contributed by atoms with E-state index in [1.807, 2.05) is 30.3 Å². The van der Waals surface area contributed by atoms with Crippen LogP contribution in [0, 0.1) is 0 Å². The molecule has 0 aliphatic carbocycles. The van der Waals surface area contributed by atoms with E-state index in [2.05, 4.69) is 34.5 Å². The number of hydrogen-bond acceptors (Lipinski definition) is 4. The number of esters is 1. The number of rotatable bonds is 4. The van der Waals surface area contributed by atoms with Crippen LogP contribution in [0.2, 0.25) is 0 Å². The third kappa shape index (κ3) is 3.90. The quantitative estimate of drug-likeness (QED) is 0.881. The Morgan fingerprint density at radius 3 is 2.61 bits per heavy atom. The summed E-state index contributed by atoms with van der Waals surface area (Å²) in [5, 5.41) is 3.59. The number of methoxy groups -OCH3 is 1. The van der Waals surface area contributed by atoms with Gasteiger partial charge in [0.2, 0.25) is 0 Å². The average molecular weight is 310 g/mol. The van der Waals surface area contributed by atoms with Gasteiger partial charge in [-0.15, -0.1) is 0 Å². The van der Waals surface area contributed by atoms with E-state index < -0.39 is 0 Å². The molecule has 4 heteroatoms. The van der Waals surface area contributed by atoms with E-state index in [4.69, 9.17) is 4.74 Å². The summed E-state index contributed by atoms with van der Waals surface area (Å²) in [5.74, 6) is -0.293. The van der Waals surface area contributed by atoms with Gasteiger partial charge in [0.15, 0.2) is 0 Å². The molecule has 0 amide bonds. The van der Waals surface area contributed by atoms with Crippen molar-refractivity contribution < 1.29 is 9.53 Å². The van der Waals surface area contributed by atoms with Gasteiger partial charge in [-0.2, -0.15) is 0 Å². The topological polar surface area (TPSA) is 41.6 Å². The summed E-state index contributed by atoms with van der Waals surface area (Å²) in [5.41, 5.74) is 3.09. The second kappa shape index (κ2) is 7.29. The number of nitrogens with zero attached hydrogens (tertiary/aromatic N) is 1. The van der Waals surface area contributed by atoms with Crippen LogP contribution < -0.4 is 10.2 Å². The number of nitrogens with one attached hydrogen (secondary N) is 1. The monoisotopic (exact) mass is 310 g/mol. The Labute approximate surface area is 137 Å². The van der Waals surface area contributed by atoms with Crippen molar-refractivity contribution in [3.63, 3.8) is 0 Å². The van der Waals surface area contributed by atoms with Gasteiger partial charge < -0.3 is 15.0 Å². The molecule has 1 fully saturated rings. The maximum Gasteiger partial charge on any atom is 0.337 e. The zero-order valence-electron chi connectivity index (χ0n) is 13.4. The maximum absolute atomic E-state index is 11.5. The highest BCUT2D eigenvalue weighted by molar-refractivity contribution is 5.89. The van der Waals surface area contributed by atoms with Crippen LogP contribution in [0.3, 0.4) is 0 Å². The summed E-state index contributed by atoms with van der Waals surface area (Å²) in [6.45, 7) is 2.91. The molecule has 1 atom stereocenters. The third-order valence-electron chi connectivity index (χ3n) is 4.23. The lowest BCUT2D eigenvalue weighted by molar-refractivity contribution is 0.0601.